The third-order valence-corrected chi connectivity index (χ3v) is 15.0. The minimum Gasteiger partial charge on any atom is -0.309 e. The van der Waals surface area contributed by atoms with Crippen LogP contribution in [0.25, 0.3) is 115 Å². The second kappa shape index (κ2) is 18.2. The van der Waals surface area contributed by atoms with Gasteiger partial charge in [-0.1, -0.05) is 160 Å². The molecule has 12 rings (SSSR count). The Morgan fingerprint density at radius 2 is 0.684 bits per heavy atom. The molecule has 0 radical (unpaired) electrons. The van der Waals surface area contributed by atoms with E-state index in [-0.39, 0.29) is 5.69 Å². The van der Waals surface area contributed by atoms with Crippen LogP contribution in [0.2, 0.25) is 0 Å². The number of rotatable bonds is 7. The Kier molecular flexibility index (Phi) is 11.5. The van der Waals surface area contributed by atoms with Gasteiger partial charge < -0.3 is 9.13 Å². The maximum atomic E-state index is 16.2. The van der Waals surface area contributed by atoms with Crippen LogP contribution < -0.4 is 0 Å². The van der Waals surface area contributed by atoms with E-state index in [4.69, 9.17) is 6.57 Å². The molecule has 2 heterocycles. The number of fused-ring (bicyclic) bond motifs is 6. The minimum atomic E-state index is -4.76. The second-order valence-corrected chi connectivity index (χ2v) is 21.1. The molecule has 2 aromatic heterocycles. The second-order valence-electron chi connectivity index (χ2n) is 21.1. The molecule has 6 heteroatoms. The molecule has 0 unspecified atom stereocenters. The number of alkyl halides is 3. The summed E-state index contributed by atoms with van der Waals surface area (Å²) in [6, 6.07) is 61.2. The third-order valence-electron chi connectivity index (χ3n) is 15.0. The van der Waals surface area contributed by atoms with Gasteiger partial charge in [0.2, 0.25) is 0 Å². The lowest BCUT2D eigenvalue weighted by molar-refractivity contribution is -0.137. The Bertz CT molecular complexity index is 4140. The van der Waals surface area contributed by atoms with Gasteiger partial charge in [0.1, 0.15) is 0 Å². The molecule has 0 aliphatic rings. The number of para-hydroxylation sites is 1. The van der Waals surface area contributed by atoms with Crippen molar-refractivity contribution in [3.8, 4) is 67.0 Å². The highest BCUT2D eigenvalue weighted by molar-refractivity contribution is 6.14. The van der Waals surface area contributed by atoms with Gasteiger partial charge in [0.25, 0.3) is 0 Å². The molecule has 0 spiro atoms. The summed E-state index contributed by atoms with van der Waals surface area (Å²) in [5.74, 6) is 0. The Morgan fingerprint density at radius 3 is 1.01 bits per heavy atom. The first-order valence-corrected chi connectivity index (χ1v) is 25.7. The Morgan fingerprint density at radius 1 is 0.342 bits per heavy atom. The van der Waals surface area contributed by atoms with Gasteiger partial charge >= 0.3 is 6.18 Å². The number of aromatic nitrogens is 2. The van der Waals surface area contributed by atoms with Crippen LogP contribution in [0.15, 0.2) is 182 Å². The van der Waals surface area contributed by atoms with Gasteiger partial charge in [-0.05, 0) is 172 Å². The standard InChI is InChI=1S/C70H54F3N3/c1-40-23-41(2)28-52(27-40)48-13-18-64-58(35-48)59-36-49(53-29-42(3)24-43(4)30-53)14-19-65(59)75(64)66-22-17-56(74-9)39-62(66)57-11-10-12-63(70(71,72)73)69(57)76-67-20-15-50(54-31-44(5)25-45(6)32-54)37-60(67)61-38-51(16-21-68(61)76)55-33-46(7)26-47(8)34-55/h10-39H,1-8H3. The summed E-state index contributed by atoms with van der Waals surface area (Å²) in [4.78, 5) is 3.90. The molecule has 0 aliphatic heterocycles. The van der Waals surface area contributed by atoms with Crippen LogP contribution in [0.5, 0.6) is 0 Å². The van der Waals surface area contributed by atoms with Crippen LogP contribution in [0, 0.1) is 62.0 Å². The highest BCUT2D eigenvalue weighted by Gasteiger charge is 2.37. The molecule has 0 saturated carbocycles. The van der Waals surface area contributed by atoms with Gasteiger partial charge in [0.15, 0.2) is 5.69 Å². The van der Waals surface area contributed by atoms with E-state index in [1.807, 2.05) is 34.9 Å². The van der Waals surface area contributed by atoms with Crippen molar-refractivity contribution in [1.29, 1.82) is 0 Å². The summed E-state index contributed by atoms with van der Waals surface area (Å²) >= 11 is 0. The Hall–Kier alpha value is -8.92. The van der Waals surface area contributed by atoms with E-state index < -0.39 is 11.7 Å². The van der Waals surface area contributed by atoms with Gasteiger partial charge in [0, 0.05) is 27.1 Å². The molecule has 12 aromatic rings. The maximum Gasteiger partial charge on any atom is 0.418 e. The lowest BCUT2D eigenvalue weighted by atomic mass is 9.96. The fourth-order valence-electron chi connectivity index (χ4n) is 12.1. The van der Waals surface area contributed by atoms with Crippen molar-refractivity contribution in [3.63, 3.8) is 0 Å². The van der Waals surface area contributed by atoms with Gasteiger partial charge in [-0.2, -0.15) is 13.2 Å². The molecule has 0 aliphatic carbocycles. The molecular formula is C70H54F3N3. The van der Waals surface area contributed by atoms with Gasteiger partial charge in [-0.25, -0.2) is 4.85 Å². The van der Waals surface area contributed by atoms with E-state index in [1.54, 1.807) is 18.2 Å². The summed E-state index contributed by atoms with van der Waals surface area (Å²) < 4.78 is 52.5. The molecule has 0 bridgehead atoms. The third kappa shape index (κ3) is 8.43. The zero-order chi connectivity index (χ0) is 52.9. The number of aryl methyl sites for hydroxylation is 8. The smallest absolute Gasteiger partial charge is 0.309 e. The molecule has 3 nitrogen and oxygen atoms in total. The molecule has 0 saturated heterocycles. The van der Waals surface area contributed by atoms with Crippen LogP contribution in [0.1, 0.15) is 50.1 Å². The minimum absolute atomic E-state index is 0.00773. The lowest BCUT2D eigenvalue weighted by Gasteiger charge is -2.22. The predicted molar refractivity (Wildman–Crippen MR) is 311 cm³/mol. The average Bonchev–Trinajstić information content (AvgIpc) is 3.93. The van der Waals surface area contributed by atoms with Crippen LogP contribution in [-0.2, 0) is 6.18 Å². The fraction of sp³-hybridized carbons (Fsp3) is 0.129. The highest BCUT2D eigenvalue weighted by atomic mass is 19.4. The first kappa shape index (κ1) is 48.0. The van der Waals surface area contributed by atoms with E-state index in [0.29, 0.717) is 33.5 Å². The van der Waals surface area contributed by atoms with Crippen molar-refractivity contribution >= 4 is 49.3 Å². The van der Waals surface area contributed by atoms with Crippen molar-refractivity contribution in [2.24, 2.45) is 0 Å². The van der Waals surface area contributed by atoms with Gasteiger partial charge in [0.05, 0.1) is 45.6 Å². The van der Waals surface area contributed by atoms with Crippen LogP contribution in [0.3, 0.4) is 0 Å². The summed E-state index contributed by atoms with van der Waals surface area (Å²) in [5.41, 5.74) is 21.6. The van der Waals surface area contributed by atoms with E-state index in [1.165, 1.54) is 34.4 Å². The molecule has 10 aromatic carbocycles. The van der Waals surface area contributed by atoms with Crippen molar-refractivity contribution in [1.82, 2.24) is 9.13 Å². The Balaban J connectivity index is 1.17. The zero-order valence-electron chi connectivity index (χ0n) is 43.8. The number of hydrogen-bond acceptors (Lipinski definition) is 0. The SMILES string of the molecule is [C-]#[N+]c1ccc(-n2c3ccc(-c4cc(C)cc(C)c4)cc3c3cc(-c4cc(C)cc(C)c4)ccc32)c(-c2cccc(C(F)(F)F)c2-n2c3ccc(-c4cc(C)cc(C)c4)cc3c3cc(-c4cc(C)cc(C)c4)ccc32)c1. The van der Waals surface area contributed by atoms with Gasteiger partial charge in [-0.15, -0.1) is 0 Å². The molecule has 0 atom stereocenters. The van der Waals surface area contributed by atoms with Crippen LogP contribution >= 0.6 is 0 Å². The molecular weight excluding hydrogens is 940 g/mol. The first-order chi connectivity index (χ1) is 36.5. The molecule has 0 amide bonds. The molecule has 0 fully saturated rings. The van der Waals surface area contributed by atoms with Crippen LogP contribution in [0.4, 0.5) is 18.9 Å². The average molecular weight is 994 g/mol. The van der Waals surface area contributed by atoms with E-state index >= 15 is 13.2 Å². The van der Waals surface area contributed by atoms with Crippen molar-refractivity contribution in [2.45, 2.75) is 61.6 Å². The molecule has 76 heavy (non-hydrogen) atoms. The fourth-order valence-corrected chi connectivity index (χ4v) is 12.1. The summed E-state index contributed by atoms with van der Waals surface area (Å²) in [7, 11) is 0. The van der Waals surface area contributed by atoms with Crippen LogP contribution in [-0.4, -0.2) is 9.13 Å². The normalized spacial score (nSPS) is 11.9. The lowest BCUT2D eigenvalue weighted by Crippen LogP contribution is -2.12. The largest absolute Gasteiger partial charge is 0.418 e. The molecule has 370 valence electrons. The first-order valence-electron chi connectivity index (χ1n) is 25.7. The summed E-state index contributed by atoms with van der Waals surface area (Å²) in [5, 5.41) is 3.67. The highest BCUT2D eigenvalue weighted by Crippen LogP contribution is 2.48. The summed E-state index contributed by atoms with van der Waals surface area (Å²) in [6.45, 7) is 25.1. The monoisotopic (exact) mass is 993 g/mol. The van der Waals surface area contributed by atoms with Crippen molar-refractivity contribution in [3.05, 3.63) is 243 Å². The zero-order valence-corrected chi connectivity index (χ0v) is 43.8. The maximum absolute atomic E-state index is 16.2. The number of benzene rings is 10. The van der Waals surface area contributed by atoms with E-state index in [9.17, 15) is 0 Å². The van der Waals surface area contributed by atoms with E-state index in [2.05, 4.69) is 186 Å². The number of nitrogens with zero attached hydrogens (tertiary/aromatic N) is 3. The van der Waals surface area contributed by atoms with Gasteiger partial charge in [-0.3, -0.25) is 0 Å². The molecule has 0 N–H and O–H groups in total. The topological polar surface area (TPSA) is 14.2 Å². The van der Waals surface area contributed by atoms with Crippen molar-refractivity contribution in [2.75, 3.05) is 0 Å². The summed E-state index contributed by atoms with van der Waals surface area (Å²) in [6.07, 6.45) is -4.76. The van der Waals surface area contributed by atoms with Crippen molar-refractivity contribution < 1.29 is 13.2 Å². The number of halogens is 3. The predicted octanol–water partition coefficient (Wildman–Crippen LogP) is 20.3. The van der Waals surface area contributed by atoms with E-state index in [0.717, 1.165) is 99.3 Å². The quantitative estimate of drug-likeness (QED) is 0.141. The Labute approximate surface area is 441 Å². The number of hydrogen-bond donors (Lipinski definition) is 0.